The van der Waals surface area contributed by atoms with Gasteiger partial charge in [-0.15, -0.1) is 0 Å². The molecule has 0 atom stereocenters. The van der Waals surface area contributed by atoms with Gasteiger partial charge < -0.3 is 9.84 Å². The number of halogens is 1. The first-order chi connectivity index (χ1) is 9.34. The van der Waals surface area contributed by atoms with Gasteiger partial charge in [-0.25, -0.2) is 0 Å². The van der Waals surface area contributed by atoms with Gasteiger partial charge in [0.05, 0.1) is 10.9 Å². The summed E-state index contributed by atoms with van der Waals surface area (Å²) in [5, 5.41) is 9.12. The summed E-state index contributed by atoms with van der Waals surface area (Å²) in [6, 6.07) is 0. The third-order valence-electron chi connectivity index (χ3n) is 3.00. The van der Waals surface area contributed by atoms with E-state index >= 15 is 0 Å². The Kier molecular flexibility index (Phi) is 11.4. The predicted octanol–water partition coefficient (Wildman–Crippen LogP) is 5.10. The molecule has 3 nitrogen and oxygen atoms in total. The first-order valence-electron chi connectivity index (χ1n) is 7.42. The zero-order valence-electron chi connectivity index (χ0n) is 12.6. The molecular formula is C15H27BrO3S. The van der Waals surface area contributed by atoms with Gasteiger partial charge >= 0.3 is 5.97 Å². The third-order valence-corrected chi connectivity index (χ3v) is 4.25. The molecule has 0 aromatic heterocycles. The average Bonchev–Trinajstić information content (AvgIpc) is 2.34. The molecule has 0 saturated carbocycles. The quantitative estimate of drug-likeness (QED) is 0.296. The van der Waals surface area contributed by atoms with Gasteiger partial charge in [-0.05, 0) is 38.9 Å². The van der Waals surface area contributed by atoms with Crippen LogP contribution in [0.25, 0.3) is 0 Å². The van der Waals surface area contributed by atoms with E-state index in [1.807, 2.05) is 13.8 Å². The minimum Gasteiger partial charge on any atom is -0.486 e. The lowest BCUT2D eigenvalue weighted by Gasteiger charge is -2.18. The Morgan fingerprint density at radius 1 is 1.05 bits per heavy atom. The Balaban J connectivity index is 3.21. The van der Waals surface area contributed by atoms with Gasteiger partial charge in [0.15, 0.2) is 5.05 Å². The highest BCUT2D eigenvalue weighted by Crippen LogP contribution is 2.19. The lowest BCUT2D eigenvalue weighted by atomic mass is 10.1. The van der Waals surface area contributed by atoms with Crippen molar-refractivity contribution in [3.05, 3.63) is 0 Å². The minimum atomic E-state index is -0.686. The van der Waals surface area contributed by atoms with E-state index in [9.17, 15) is 4.79 Å². The van der Waals surface area contributed by atoms with Crippen LogP contribution >= 0.6 is 28.1 Å². The number of unbranched alkanes of at least 4 members (excludes halogenated alkanes) is 7. The minimum absolute atomic E-state index is 0.224. The first-order valence-corrected chi connectivity index (χ1v) is 8.62. The predicted molar refractivity (Wildman–Crippen MR) is 90.7 cm³/mol. The molecule has 0 aliphatic carbocycles. The van der Waals surface area contributed by atoms with Crippen LogP contribution in [0.5, 0.6) is 0 Å². The molecule has 20 heavy (non-hydrogen) atoms. The van der Waals surface area contributed by atoms with E-state index < -0.39 is 5.97 Å². The highest BCUT2D eigenvalue weighted by molar-refractivity contribution is 9.10. The Hall–Kier alpha value is -0.160. The number of carboxylic acid groups (broad SMARTS) is 1. The number of hydrogen-bond acceptors (Lipinski definition) is 3. The lowest BCUT2D eigenvalue weighted by Crippen LogP contribution is -2.25. The van der Waals surface area contributed by atoms with Gasteiger partial charge in [-0.1, -0.05) is 54.5 Å². The molecule has 0 heterocycles. The molecule has 0 aromatic rings. The maximum Gasteiger partial charge on any atom is 0.303 e. The van der Waals surface area contributed by atoms with Crippen LogP contribution in [0.3, 0.4) is 0 Å². The number of thiocarbonyl (C=S) groups is 1. The topological polar surface area (TPSA) is 46.5 Å². The van der Waals surface area contributed by atoms with Crippen molar-refractivity contribution in [1.82, 2.24) is 0 Å². The zero-order chi connectivity index (χ0) is 15.4. The largest absolute Gasteiger partial charge is 0.486 e. The van der Waals surface area contributed by atoms with Crippen molar-refractivity contribution >= 4 is 39.2 Å². The summed E-state index contributed by atoms with van der Waals surface area (Å²) in [6.45, 7) is 4.67. The van der Waals surface area contributed by atoms with Crippen molar-refractivity contribution in [2.45, 2.75) is 76.0 Å². The fourth-order valence-electron chi connectivity index (χ4n) is 1.78. The number of aliphatic carboxylic acids is 1. The highest BCUT2D eigenvalue weighted by atomic mass is 79.9. The monoisotopic (exact) mass is 366 g/mol. The summed E-state index contributed by atoms with van der Waals surface area (Å²) in [5.74, 6) is -0.686. The van der Waals surface area contributed by atoms with Crippen LogP contribution in [-0.2, 0) is 9.53 Å². The second-order valence-corrected chi connectivity index (χ2v) is 7.93. The molecule has 0 amide bonds. The number of hydrogen-bond donors (Lipinski definition) is 1. The normalized spacial score (nSPS) is 11.3. The van der Waals surface area contributed by atoms with Gasteiger partial charge in [0.2, 0.25) is 0 Å². The number of alkyl halides is 1. The Morgan fingerprint density at radius 3 is 1.95 bits per heavy atom. The van der Waals surface area contributed by atoms with Crippen LogP contribution in [0, 0.1) is 0 Å². The lowest BCUT2D eigenvalue weighted by molar-refractivity contribution is -0.137. The molecule has 0 bridgehead atoms. The molecule has 0 saturated heterocycles. The van der Waals surface area contributed by atoms with Crippen LogP contribution in [0.1, 0.15) is 71.6 Å². The Bertz CT molecular complexity index is 287. The number of carbonyl (C=O) groups is 1. The van der Waals surface area contributed by atoms with Crippen LogP contribution in [-0.4, -0.2) is 27.1 Å². The molecule has 0 aliphatic heterocycles. The molecule has 0 aliphatic rings. The Labute approximate surface area is 136 Å². The third kappa shape index (κ3) is 12.9. The maximum absolute atomic E-state index is 10.3. The van der Waals surface area contributed by atoms with Crippen molar-refractivity contribution in [2.75, 3.05) is 6.61 Å². The molecule has 0 fully saturated rings. The molecular weight excluding hydrogens is 340 g/mol. The summed E-state index contributed by atoms with van der Waals surface area (Å²) in [7, 11) is 0. The van der Waals surface area contributed by atoms with E-state index in [1.165, 1.54) is 25.7 Å². The second kappa shape index (κ2) is 11.5. The molecule has 0 rings (SSSR count). The fourth-order valence-corrected chi connectivity index (χ4v) is 1.97. The summed E-state index contributed by atoms with van der Waals surface area (Å²) in [4.78, 5) is 10.3. The highest BCUT2D eigenvalue weighted by Gasteiger charge is 2.20. The van der Waals surface area contributed by atoms with Crippen molar-refractivity contribution in [3.63, 3.8) is 0 Å². The smallest absolute Gasteiger partial charge is 0.303 e. The van der Waals surface area contributed by atoms with E-state index in [0.717, 1.165) is 25.7 Å². The fraction of sp³-hybridized carbons (Fsp3) is 0.867. The van der Waals surface area contributed by atoms with Crippen molar-refractivity contribution in [2.24, 2.45) is 0 Å². The van der Waals surface area contributed by atoms with Gasteiger partial charge in [0.25, 0.3) is 0 Å². The number of carboxylic acids is 1. The number of rotatable bonds is 12. The standard InChI is InChI=1S/C15H27BrO3S/c1-15(2,16)14(20)19-12-10-8-6-4-3-5-7-9-11-13(17)18/h3-12H2,1-2H3,(H,17,18). The molecule has 118 valence electrons. The summed E-state index contributed by atoms with van der Waals surface area (Å²) in [6.07, 6.45) is 9.14. The first kappa shape index (κ1) is 19.8. The van der Waals surface area contributed by atoms with Crippen molar-refractivity contribution in [1.29, 1.82) is 0 Å². The van der Waals surface area contributed by atoms with E-state index in [2.05, 4.69) is 15.9 Å². The number of ether oxygens (including phenoxy) is 1. The van der Waals surface area contributed by atoms with Gasteiger partial charge in [-0.3, -0.25) is 4.79 Å². The summed E-state index contributed by atoms with van der Waals surface area (Å²) < 4.78 is 5.29. The molecule has 0 unspecified atom stereocenters. The van der Waals surface area contributed by atoms with E-state index in [4.69, 9.17) is 22.1 Å². The SMILES string of the molecule is CC(C)(Br)C(=S)OCCCCCCCCCCC(=O)O. The van der Waals surface area contributed by atoms with E-state index in [-0.39, 0.29) is 4.32 Å². The van der Waals surface area contributed by atoms with Gasteiger partial charge in [0, 0.05) is 6.42 Å². The summed E-state index contributed by atoms with van der Waals surface area (Å²) in [5.41, 5.74) is 0. The summed E-state index contributed by atoms with van der Waals surface area (Å²) >= 11 is 8.63. The second-order valence-electron chi connectivity index (χ2n) is 5.58. The maximum atomic E-state index is 10.3. The molecule has 5 heteroatoms. The van der Waals surface area contributed by atoms with Crippen LogP contribution in [0.2, 0.25) is 0 Å². The van der Waals surface area contributed by atoms with Crippen molar-refractivity contribution in [3.8, 4) is 0 Å². The van der Waals surface area contributed by atoms with Crippen LogP contribution in [0.4, 0.5) is 0 Å². The molecule has 1 N–H and O–H groups in total. The molecule has 0 radical (unpaired) electrons. The average molecular weight is 367 g/mol. The van der Waals surface area contributed by atoms with Gasteiger partial charge in [-0.2, -0.15) is 0 Å². The van der Waals surface area contributed by atoms with Crippen LogP contribution in [0.15, 0.2) is 0 Å². The van der Waals surface area contributed by atoms with Crippen molar-refractivity contribution < 1.29 is 14.6 Å². The zero-order valence-corrected chi connectivity index (χ0v) is 15.0. The van der Waals surface area contributed by atoms with Gasteiger partial charge in [0.1, 0.15) is 0 Å². The van der Waals surface area contributed by atoms with E-state index in [0.29, 0.717) is 18.1 Å². The molecule has 0 aromatic carbocycles. The molecule has 0 spiro atoms. The Morgan fingerprint density at radius 2 is 1.50 bits per heavy atom. The van der Waals surface area contributed by atoms with E-state index in [1.54, 1.807) is 0 Å². The van der Waals surface area contributed by atoms with Crippen LogP contribution < -0.4 is 0 Å².